The standard InChI is InChI=1S/C11H17NO2SSi/c1-14-11-8(7-13)9(15-2)6-10(12-11)16(3,4)5/h6-7H,1-5H3. The molecule has 0 aliphatic carbocycles. The Balaban J connectivity index is 3.43. The predicted octanol–water partition coefficient (Wildman–Crippen LogP) is 2.17. The molecule has 16 heavy (non-hydrogen) atoms. The van der Waals surface area contributed by atoms with Crippen molar-refractivity contribution in [1.82, 2.24) is 4.98 Å². The second-order valence-corrected chi connectivity index (χ2v) is 10.4. The van der Waals surface area contributed by atoms with Crippen LogP contribution < -0.4 is 10.1 Å². The number of pyridine rings is 1. The van der Waals surface area contributed by atoms with E-state index in [4.69, 9.17) is 4.74 Å². The van der Waals surface area contributed by atoms with Gasteiger partial charge in [-0.1, -0.05) is 19.6 Å². The minimum atomic E-state index is -1.48. The molecule has 5 heteroatoms. The first kappa shape index (κ1) is 13.3. The van der Waals surface area contributed by atoms with Crippen molar-refractivity contribution in [3.8, 4) is 5.88 Å². The summed E-state index contributed by atoms with van der Waals surface area (Å²) in [4.78, 5) is 16.4. The first-order valence-electron chi connectivity index (χ1n) is 5.02. The molecule has 0 aliphatic rings. The van der Waals surface area contributed by atoms with Crippen LogP contribution in [0.2, 0.25) is 19.6 Å². The van der Waals surface area contributed by atoms with Crippen molar-refractivity contribution in [2.24, 2.45) is 0 Å². The minimum absolute atomic E-state index is 0.444. The van der Waals surface area contributed by atoms with Crippen LogP contribution in [-0.4, -0.2) is 32.7 Å². The van der Waals surface area contributed by atoms with Crippen molar-refractivity contribution in [2.75, 3.05) is 13.4 Å². The largest absolute Gasteiger partial charge is 0.480 e. The summed E-state index contributed by atoms with van der Waals surface area (Å²) in [6.45, 7) is 6.67. The van der Waals surface area contributed by atoms with Gasteiger partial charge in [0.15, 0.2) is 6.29 Å². The third-order valence-corrected chi connectivity index (χ3v) is 4.86. The van der Waals surface area contributed by atoms with Crippen LogP contribution in [0.4, 0.5) is 0 Å². The minimum Gasteiger partial charge on any atom is -0.480 e. The van der Waals surface area contributed by atoms with Crippen molar-refractivity contribution in [3.63, 3.8) is 0 Å². The van der Waals surface area contributed by atoms with Gasteiger partial charge >= 0.3 is 0 Å². The summed E-state index contributed by atoms with van der Waals surface area (Å²) >= 11 is 1.55. The Morgan fingerprint density at radius 3 is 2.44 bits per heavy atom. The molecule has 1 heterocycles. The van der Waals surface area contributed by atoms with Crippen molar-refractivity contribution < 1.29 is 9.53 Å². The quantitative estimate of drug-likeness (QED) is 0.469. The van der Waals surface area contributed by atoms with Crippen LogP contribution in [0.3, 0.4) is 0 Å². The summed E-state index contributed by atoms with van der Waals surface area (Å²) in [5, 5.41) is 1.07. The molecular weight excluding hydrogens is 238 g/mol. The number of carbonyl (C=O) groups excluding carboxylic acids is 1. The Hall–Kier alpha value is -0.813. The van der Waals surface area contributed by atoms with Crippen LogP contribution in [0.15, 0.2) is 11.0 Å². The van der Waals surface area contributed by atoms with E-state index in [2.05, 4.69) is 24.6 Å². The maximum Gasteiger partial charge on any atom is 0.224 e. The Labute approximate surface area is 102 Å². The zero-order chi connectivity index (χ0) is 12.3. The van der Waals surface area contributed by atoms with Crippen molar-refractivity contribution in [2.45, 2.75) is 24.5 Å². The highest BCUT2D eigenvalue weighted by atomic mass is 32.2. The van der Waals surface area contributed by atoms with E-state index in [1.807, 2.05) is 12.3 Å². The summed E-state index contributed by atoms with van der Waals surface area (Å²) in [6, 6.07) is 2.02. The molecule has 0 N–H and O–H groups in total. The first-order valence-corrected chi connectivity index (χ1v) is 9.75. The second-order valence-electron chi connectivity index (χ2n) is 4.50. The zero-order valence-electron chi connectivity index (χ0n) is 10.3. The molecule has 0 amide bonds. The molecule has 0 aromatic carbocycles. The van der Waals surface area contributed by atoms with E-state index in [9.17, 15) is 4.79 Å². The summed E-state index contributed by atoms with van der Waals surface area (Å²) in [5.41, 5.74) is 0.553. The van der Waals surface area contributed by atoms with Gasteiger partial charge in [0.25, 0.3) is 0 Å². The molecular formula is C11H17NO2SSi. The third-order valence-electron chi connectivity index (χ3n) is 2.29. The van der Waals surface area contributed by atoms with Gasteiger partial charge in [0, 0.05) is 10.2 Å². The monoisotopic (exact) mass is 255 g/mol. The highest BCUT2D eigenvalue weighted by molar-refractivity contribution is 7.98. The van der Waals surface area contributed by atoms with Gasteiger partial charge in [-0.25, -0.2) is 4.98 Å². The molecule has 0 radical (unpaired) electrons. The van der Waals surface area contributed by atoms with Crippen molar-refractivity contribution in [3.05, 3.63) is 11.6 Å². The summed E-state index contributed by atoms with van der Waals surface area (Å²) in [7, 11) is 0.0644. The number of aldehydes is 1. The van der Waals surface area contributed by atoms with Gasteiger partial charge in [0.2, 0.25) is 5.88 Å². The Bertz CT molecular complexity index is 376. The molecule has 0 spiro atoms. The van der Waals surface area contributed by atoms with Gasteiger partial charge in [0.1, 0.15) is 8.07 Å². The van der Waals surface area contributed by atoms with Crippen LogP contribution in [-0.2, 0) is 0 Å². The van der Waals surface area contributed by atoms with Gasteiger partial charge in [-0.05, 0) is 12.3 Å². The molecule has 0 fully saturated rings. The Morgan fingerprint density at radius 1 is 1.44 bits per heavy atom. The number of carbonyl (C=O) groups is 1. The molecule has 1 rings (SSSR count). The van der Waals surface area contributed by atoms with E-state index in [1.54, 1.807) is 18.9 Å². The van der Waals surface area contributed by atoms with Crippen LogP contribution in [0, 0.1) is 0 Å². The summed E-state index contributed by atoms with van der Waals surface area (Å²) in [6.07, 6.45) is 2.77. The number of aromatic nitrogens is 1. The van der Waals surface area contributed by atoms with E-state index in [0.717, 1.165) is 16.5 Å². The Morgan fingerprint density at radius 2 is 2.06 bits per heavy atom. The maximum absolute atomic E-state index is 11.0. The average molecular weight is 255 g/mol. The number of hydrogen-bond acceptors (Lipinski definition) is 4. The van der Waals surface area contributed by atoms with Gasteiger partial charge in [-0.3, -0.25) is 4.79 Å². The number of methoxy groups -OCH3 is 1. The van der Waals surface area contributed by atoms with Gasteiger partial charge in [-0.15, -0.1) is 11.8 Å². The highest BCUT2D eigenvalue weighted by Gasteiger charge is 2.22. The molecule has 0 bridgehead atoms. The lowest BCUT2D eigenvalue weighted by atomic mass is 10.3. The number of rotatable bonds is 4. The van der Waals surface area contributed by atoms with Crippen LogP contribution in [0.5, 0.6) is 5.88 Å². The van der Waals surface area contributed by atoms with Gasteiger partial charge in [-0.2, -0.15) is 0 Å². The molecule has 0 aliphatic heterocycles. The lowest BCUT2D eigenvalue weighted by Crippen LogP contribution is -2.40. The van der Waals surface area contributed by atoms with Gasteiger partial charge in [0.05, 0.1) is 12.7 Å². The van der Waals surface area contributed by atoms with E-state index >= 15 is 0 Å². The van der Waals surface area contributed by atoms with Crippen molar-refractivity contribution in [1.29, 1.82) is 0 Å². The fourth-order valence-electron chi connectivity index (χ4n) is 1.33. The maximum atomic E-state index is 11.0. The molecule has 0 saturated heterocycles. The fourth-order valence-corrected chi connectivity index (χ4v) is 3.03. The molecule has 0 saturated carbocycles. The highest BCUT2D eigenvalue weighted by Crippen LogP contribution is 2.25. The molecule has 88 valence electrons. The number of nitrogens with zero attached hydrogens (tertiary/aromatic N) is 1. The lowest BCUT2D eigenvalue weighted by molar-refractivity contribution is 0.111. The average Bonchev–Trinajstić information content (AvgIpc) is 2.25. The smallest absolute Gasteiger partial charge is 0.224 e. The summed E-state index contributed by atoms with van der Waals surface area (Å²) < 4.78 is 5.18. The second kappa shape index (κ2) is 5.01. The first-order chi connectivity index (χ1) is 7.43. The van der Waals surface area contributed by atoms with E-state index in [1.165, 1.54) is 0 Å². The number of ether oxygens (including phenoxy) is 1. The number of thioether (sulfide) groups is 1. The molecule has 0 unspecified atom stereocenters. The van der Waals surface area contributed by atoms with Gasteiger partial charge < -0.3 is 4.74 Å². The molecule has 0 atom stereocenters. The van der Waals surface area contributed by atoms with Crippen LogP contribution in [0.25, 0.3) is 0 Å². The van der Waals surface area contributed by atoms with E-state index in [0.29, 0.717) is 11.4 Å². The third kappa shape index (κ3) is 2.65. The predicted molar refractivity (Wildman–Crippen MR) is 70.9 cm³/mol. The number of hydrogen-bond donors (Lipinski definition) is 0. The Kier molecular flexibility index (Phi) is 4.15. The van der Waals surface area contributed by atoms with E-state index in [-0.39, 0.29) is 0 Å². The molecule has 1 aromatic rings. The van der Waals surface area contributed by atoms with Crippen LogP contribution >= 0.6 is 11.8 Å². The topological polar surface area (TPSA) is 39.2 Å². The molecule has 3 nitrogen and oxygen atoms in total. The zero-order valence-corrected chi connectivity index (χ0v) is 12.1. The van der Waals surface area contributed by atoms with E-state index < -0.39 is 8.07 Å². The summed E-state index contributed by atoms with van der Waals surface area (Å²) in [5.74, 6) is 0.444. The normalized spacial score (nSPS) is 11.3. The fraction of sp³-hybridized carbons (Fsp3) is 0.455. The SMILES string of the molecule is COc1nc([Si](C)(C)C)cc(SC)c1C=O. The van der Waals surface area contributed by atoms with Crippen molar-refractivity contribution >= 4 is 31.4 Å². The van der Waals surface area contributed by atoms with Crippen LogP contribution in [0.1, 0.15) is 10.4 Å². The molecule has 1 aromatic heterocycles. The lowest BCUT2D eigenvalue weighted by Gasteiger charge is -2.18.